The van der Waals surface area contributed by atoms with Gasteiger partial charge >= 0.3 is 0 Å². The van der Waals surface area contributed by atoms with Crippen LogP contribution in [0.25, 0.3) is 0 Å². The number of rotatable bonds is 7. The topological polar surface area (TPSA) is 117 Å². The number of amides is 2. The highest BCUT2D eigenvalue weighted by atomic mass is 35.5. The smallest absolute Gasteiger partial charge is 0.276 e. The molecule has 0 saturated carbocycles. The van der Waals surface area contributed by atoms with Gasteiger partial charge in [-0.15, -0.1) is 0 Å². The number of hydrogen-bond donors (Lipinski definition) is 2. The molecule has 0 atom stereocenters. The Kier molecular flexibility index (Phi) is 5.86. The SMILES string of the molecule is CCn1cc(NC(=O)c2ccn(COc3ccc(Cl)cc3Cl)n2)c(C(N)=O)n1. The van der Waals surface area contributed by atoms with Crippen molar-refractivity contribution in [2.45, 2.75) is 20.2 Å². The highest BCUT2D eigenvalue weighted by Gasteiger charge is 2.18. The van der Waals surface area contributed by atoms with E-state index < -0.39 is 11.8 Å². The van der Waals surface area contributed by atoms with Crippen LogP contribution in [-0.2, 0) is 13.3 Å². The van der Waals surface area contributed by atoms with E-state index in [1.807, 2.05) is 6.92 Å². The summed E-state index contributed by atoms with van der Waals surface area (Å²) in [6, 6.07) is 6.36. The lowest BCUT2D eigenvalue weighted by Gasteiger charge is -2.08. The Balaban J connectivity index is 1.67. The lowest BCUT2D eigenvalue weighted by molar-refractivity contribution is 0.0995. The number of aryl methyl sites for hydroxylation is 1. The lowest BCUT2D eigenvalue weighted by atomic mass is 10.3. The van der Waals surface area contributed by atoms with Crippen LogP contribution in [0.2, 0.25) is 10.0 Å². The van der Waals surface area contributed by atoms with Crippen molar-refractivity contribution in [3.05, 3.63) is 58.1 Å². The first-order valence-corrected chi connectivity index (χ1v) is 8.93. The molecule has 3 rings (SSSR count). The van der Waals surface area contributed by atoms with E-state index >= 15 is 0 Å². The molecule has 0 radical (unpaired) electrons. The molecule has 0 bridgehead atoms. The second-order valence-corrected chi connectivity index (χ2v) is 6.50. The average Bonchev–Trinajstić information content (AvgIpc) is 3.28. The Labute approximate surface area is 170 Å². The van der Waals surface area contributed by atoms with Gasteiger partial charge in [0.15, 0.2) is 18.1 Å². The molecule has 1 aromatic carbocycles. The minimum Gasteiger partial charge on any atom is -0.470 e. The Hall–Kier alpha value is -3.04. The van der Waals surface area contributed by atoms with Crippen molar-refractivity contribution in [2.24, 2.45) is 5.73 Å². The first kappa shape index (κ1) is 19.7. The number of nitrogens with one attached hydrogen (secondary N) is 1. The van der Waals surface area contributed by atoms with Crippen LogP contribution in [0.4, 0.5) is 5.69 Å². The predicted octanol–water partition coefficient (Wildman–Crippen LogP) is 2.79. The number of aromatic nitrogens is 4. The van der Waals surface area contributed by atoms with Gasteiger partial charge in [-0.3, -0.25) is 14.3 Å². The molecule has 146 valence electrons. The summed E-state index contributed by atoms with van der Waals surface area (Å²) in [4.78, 5) is 23.9. The number of halogens is 2. The van der Waals surface area contributed by atoms with E-state index in [1.165, 1.54) is 21.6 Å². The summed E-state index contributed by atoms with van der Waals surface area (Å²) < 4.78 is 8.48. The van der Waals surface area contributed by atoms with Crippen LogP contribution >= 0.6 is 23.2 Å². The lowest BCUT2D eigenvalue weighted by Crippen LogP contribution is -2.18. The highest BCUT2D eigenvalue weighted by molar-refractivity contribution is 6.35. The average molecular weight is 423 g/mol. The van der Waals surface area contributed by atoms with E-state index in [1.54, 1.807) is 24.4 Å². The summed E-state index contributed by atoms with van der Waals surface area (Å²) in [6.07, 6.45) is 3.10. The van der Waals surface area contributed by atoms with Crippen molar-refractivity contribution in [3.63, 3.8) is 0 Å². The number of benzene rings is 1. The molecule has 0 spiro atoms. The van der Waals surface area contributed by atoms with E-state index in [2.05, 4.69) is 15.5 Å². The van der Waals surface area contributed by atoms with Gasteiger partial charge in [-0.05, 0) is 31.2 Å². The predicted molar refractivity (Wildman–Crippen MR) is 104 cm³/mol. The molecule has 3 aromatic rings. The molecule has 2 aromatic heterocycles. The quantitative estimate of drug-likeness (QED) is 0.606. The number of nitrogens with zero attached hydrogens (tertiary/aromatic N) is 4. The molecule has 3 N–H and O–H groups in total. The minimum atomic E-state index is -0.735. The Morgan fingerprint density at radius 2 is 2.00 bits per heavy atom. The fraction of sp³-hybridized carbons (Fsp3) is 0.176. The maximum absolute atomic E-state index is 12.4. The molecule has 9 nitrogen and oxygen atoms in total. The molecule has 2 heterocycles. The molecule has 0 aliphatic heterocycles. The van der Waals surface area contributed by atoms with Crippen LogP contribution in [0.1, 0.15) is 27.9 Å². The van der Waals surface area contributed by atoms with Gasteiger partial charge in [0, 0.05) is 24.0 Å². The van der Waals surface area contributed by atoms with Crippen molar-refractivity contribution >= 4 is 40.7 Å². The molecular weight excluding hydrogens is 407 g/mol. The van der Waals surface area contributed by atoms with Crippen LogP contribution in [0, 0.1) is 0 Å². The van der Waals surface area contributed by atoms with Gasteiger partial charge in [0.25, 0.3) is 11.8 Å². The zero-order valence-electron chi connectivity index (χ0n) is 14.7. The van der Waals surface area contributed by atoms with Gasteiger partial charge in [0.05, 0.1) is 10.7 Å². The highest BCUT2D eigenvalue weighted by Crippen LogP contribution is 2.27. The van der Waals surface area contributed by atoms with Gasteiger partial charge in [-0.1, -0.05) is 23.2 Å². The standard InChI is InChI=1S/C17H16Cl2N6O3/c1-2-24-8-13(15(23-24)16(20)26)21-17(27)12-5-6-25(22-12)9-28-14-4-3-10(18)7-11(14)19/h3-8H,2,9H2,1H3,(H2,20,26)(H,21,27). The molecule has 0 unspecified atom stereocenters. The number of primary amides is 1. The summed E-state index contributed by atoms with van der Waals surface area (Å²) in [5, 5.41) is 11.6. The number of carbonyl (C=O) groups is 2. The van der Waals surface area contributed by atoms with E-state index in [0.717, 1.165) is 0 Å². The van der Waals surface area contributed by atoms with Crippen LogP contribution in [0.3, 0.4) is 0 Å². The van der Waals surface area contributed by atoms with Crippen molar-refractivity contribution in [2.75, 3.05) is 5.32 Å². The third-order valence-electron chi connectivity index (χ3n) is 3.69. The van der Waals surface area contributed by atoms with Gasteiger partial charge in [-0.2, -0.15) is 10.2 Å². The van der Waals surface area contributed by atoms with E-state index in [9.17, 15) is 9.59 Å². The molecular formula is C17H16Cl2N6O3. The number of hydrogen-bond acceptors (Lipinski definition) is 5. The largest absolute Gasteiger partial charge is 0.470 e. The monoisotopic (exact) mass is 422 g/mol. The summed E-state index contributed by atoms with van der Waals surface area (Å²) in [5.41, 5.74) is 5.63. The first-order valence-electron chi connectivity index (χ1n) is 8.17. The fourth-order valence-electron chi connectivity index (χ4n) is 2.33. The third-order valence-corrected chi connectivity index (χ3v) is 4.22. The molecule has 0 aliphatic carbocycles. The fourth-order valence-corrected chi connectivity index (χ4v) is 2.79. The van der Waals surface area contributed by atoms with Gasteiger partial charge in [0.2, 0.25) is 0 Å². The maximum Gasteiger partial charge on any atom is 0.276 e. The van der Waals surface area contributed by atoms with Gasteiger partial charge in [-0.25, -0.2) is 4.68 Å². The maximum atomic E-state index is 12.4. The van der Waals surface area contributed by atoms with Crippen LogP contribution < -0.4 is 15.8 Å². The van der Waals surface area contributed by atoms with Gasteiger partial charge < -0.3 is 15.8 Å². The first-order chi connectivity index (χ1) is 13.4. The van der Waals surface area contributed by atoms with Gasteiger partial charge in [0.1, 0.15) is 5.75 Å². The van der Waals surface area contributed by atoms with Crippen molar-refractivity contribution in [1.82, 2.24) is 19.6 Å². The second kappa shape index (κ2) is 8.32. The van der Waals surface area contributed by atoms with E-state index in [4.69, 9.17) is 33.7 Å². The second-order valence-electron chi connectivity index (χ2n) is 5.65. The van der Waals surface area contributed by atoms with Crippen LogP contribution in [-0.4, -0.2) is 31.4 Å². The summed E-state index contributed by atoms with van der Waals surface area (Å²) in [7, 11) is 0. The molecule has 0 aliphatic rings. The van der Waals surface area contributed by atoms with Crippen LogP contribution in [0.5, 0.6) is 5.75 Å². The number of carbonyl (C=O) groups excluding carboxylic acids is 2. The summed E-state index contributed by atoms with van der Waals surface area (Å²) in [6.45, 7) is 2.41. The van der Waals surface area contributed by atoms with Crippen molar-refractivity contribution < 1.29 is 14.3 Å². The summed E-state index contributed by atoms with van der Waals surface area (Å²) >= 11 is 11.9. The number of anilines is 1. The minimum absolute atomic E-state index is 0.0182. The molecule has 0 fully saturated rings. The van der Waals surface area contributed by atoms with Crippen molar-refractivity contribution in [3.8, 4) is 5.75 Å². The normalized spacial score (nSPS) is 10.7. The number of ether oxygens (including phenoxy) is 1. The Morgan fingerprint density at radius 3 is 2.68 bits per heavy atom. The third kappa shape index (κ3) is 4.44. The summed E-state index contributed by atoms with van der Waals surface area (Å²) in [5.74, 6) is -0.812. The van der Waals surface area contributed by atoms with Crippen LogP contribution in [0.15, 0.2) is 36.7 Å². The zero-order valence-corrected chi connectivity index (χ0v) is 16.2. The zero-order chi connectivity index (χ0) is 20.3. The van der Waals surface area contributed by atoms with E-state index in [-0.39, 0.29) is 23.8 Å². The Morgan fingerprint density at radius 1 is 1.21 bits per heavy atom. The molecule has 2 amide bonds. The van der Waals surface area contributed by atoms with Crippen molar-refractivity contribution in [1.29, 1.82) is 0 Å². The molecule has 11 heteroatoms. The molecule has 28 heavy (non-hydrogen) atoms. The van der Waals surface area contributed by atoms with E-state index in [0.29, 0.717) is 22.3 Å². The Bertz CT molecular complexity index is 1030. The molecule has 0 saturated heterocycles. The number of nitrogens with two attached hydrogens (primary N) is 1.